The van der Waals surface area contributed by atoms with Crippen LogP contribution in [0.15, 0.2) is 18.3 Å². The first kappa shape index (κ1) is 15.5. The molecule has 1 N–H and O–H groups in total. The van der Waals surface area contributed by atoms with Crippen LogP contribution in [-0.4, -0.2) is 51.2 Å². The lowest BCUT2D eigenvalue weighted by Gasteiger charge is -2.38. The molecule has 22 heavy (non-hydrogen) atoms. The Morgan fingerprint density at radius 1 is 1.27 bits per heavy atom. The molecular weight excluding hydrogens is 306 g/mol. The predicted octanol–water partition coefficient (Wildman–Crippen LogP) is 1.19. The number of ether oxygens (including phenoxy) is 2. The quantitative estimate of drug-likeness (QED) is 0.894. The van der Waals surface area contributed by atoms with Gasteiger partial charge in [-0.25, -0.2) is 13.4 Å². The monoisotopic (exact) mass is 327 g/mol. The summed E-state index contributed by atoms with van der Waals surface area (Å²) in [6.45, 7) is 4.57. The third-order valence-electron chi connectivity index (χ3n) is 4.06. The fourth-order valence-electron chi connectivity index (χ4n) is 2.75. The molecule has 122 valence electrons. The lowest BCUT2D eigenvalue weighted by atomic mass is 10.0. The van der Waals surface area contributed by atoms with Crippen molar-refractivity contribution in [3.63, 3.8) is 0 Å². The molecule has 0 atom stereocenters. The van der Waals surface area contributed by atoms with E-state index in [0.29, 0.717) is 18.9 Å². The summed E-state index contributed by atoms with van der Waals surface area (Å²) in [4.78, 5) is 6.51. The third-order valence-corrected chi connectivity index (χ3v) is 5.37. The van der Waals surface area contributed by atoms with Gasteiger partial charge in [0.2, 0.25) is 10.0 Å². The fraction of sp³-hybridized carbons (Fsp3) is 0.643. The summed E-state index contributed by atoms with van der Waals surface area (Å²) in [5, 5.41) is 0. The van der Waals surface area contributed by atoms with Crippen LogP contribution in [0.4, 0.5) is 11.5 Å². The molecule has 8 heteroatoms. The number of hydrogen-bond donors (Lipinski definition) is 1. The first-order valence-electron chi connectivity index (χ1n) is 7.51. The Kier molecular flexibility index (Phi) is 4.24. The summed E-state index contributed by atoms with van der Waals surface area (Å²) in [7, 11) is -3.26. The van der Waals surface area contributed by atoms with E-state index in [1.54, 1.807) is 19.2 Å². The van der Waals surface area contributed by atoms with Crippen molar-refractivity contribution in [2.24, 2.45) is 0 Å². The normalized spacial score (nSPS) is 21.2. The van der Waals surface area contributed by atoms with E-state index in [0.717, 1.165) is 31.7 Å². The van der Waals surface area contributed by atoms with Crippen molar-refractivity contribution >= 4 is 21.5 Å². The summed E-state index contributed by atoms with van der Waals surface area (Å²) >= 11 is 0. The smallest absolute Gasteiger partial charge is 0.232 e. The van der Waals surface area contributed by atoms with Crippen molar-refractivity contribution in [1.82, 2.24) is 4.98 Å². The summed E-state index contributed by atoms with van der Waals surface area (Å²) in [6.07, 6.45) is 3.19. The molecule has 1 aromatic rings. The molecule has 2 saturated heterocycles. The molecule has 0 radical (unpaired) electrons. The van der Waals surface area contributed by atoms with Crippen molar-refractivity contribution in [1.29, 1.82) is 0 Å². The van der Waals surface area contributed by atoms with Crippen molar-refractivity contribution in [2.45, 2.75) is 25.6 Å². The zero-order chi connectivity index (χ0) is 15.6. The zero-order valence-corrected chi connectivity index (χ0v) is 13.4. The van der Waals surface area contributed by atoms with Crippen LogP contribution in [-0.2, 0) is 19.5 Å². The number of sulfonamides is 1. The lowest BCUT2D eigenvalue weighted by Crippen LogP contribution is -2.45. The molecule has 3 rings (SSSR count). The molecule has 0 unspecified atom stereocenters. The molecule has 2 aliphatic rings. The number of nitrogens with one attached hydrogen (secondary N) is 1. The van der Waals surface area contributed by atoms with Gasteiger partial charge in [-0.3, -0.25) is 4.72 Å². The molecule has 0 saturated carbocycles. The molecule has 2 fully saturated rings. The van der Waals surface area contributed by atoms with E-state index in [4.69, 9.17) is 9.47 Å². The maximum atomic E-state index is 11.5. The summed E-state index contributed by atoms with van der Waals surface area (Å²) in [5.41, 5.74) is 0.488. The van der Waals surface area contributed by atoms with Crippen LogP contribution in [0.2, 0.25) is 0 Å². The number of nitrogens with zero attached hydrogens (tertiary/aromatic N) is 2. The van der Waals surface area contributed by atoms with Gasteiger partial charge in [-0.2, -0.15) is 0 Å². The van der Waals surface area contributed by atoms with E-state index < -0.39 is 15.8 Å². The standard InChI is InChI=1S/C14H21N3O4S/c1-2-22(18,19)16-12-3-4-13(15-11-12)17-7-5-14(6-8-17)20-9-10-21-14/h3-4,11,16H,2,5-10H2,1H3. The van der Waals surface area contributed by atoms with E-state index in [1.807, 2.05) is 6.07 Å². The van der Waals surface area contributed by atoms with Crippen LogP contribution in [0.1, 0.15) is 19.8 Å². The van der Waals surface area contributed by atoms with Gasteiger partial charge >= 0.3 is 0 Å². The van der Waals surface area contributed by atoms with Crippen LogP contribution < -0.4 is 9.62 Å². The molecule has 0 bridgehead atoms. The first-order valence-corrected chi connectivity index (χ1v) is 9.17. The number of aromatic nitrogens is 1. The number of piperidine rings is 1. The topological polar surface area (TPSA) is 80.8 Å². The van der Waals surface area contributed by atoms with E-state index in [1.165, 1.54) is 0 Å². The van der Waals surface area contributed by atoms with Crippen molar-refractivity contribution in [3.05, 3.63) is 18.3 Å². The Bertz CT molecular complexity index is 601. The molecular formula is C14H21N3O4S. The lowest BCUT2D eigenvalue weighted by molar-refractivity contribution is -0.169. The van der Waals surface area contributed by atoms with Crippen LogP contribution in [0.3, 0.4) is 0 Å². The second kappa shape index (κ2) is 6.02. The highest BCUT2D eigenvalue weighted by molar-refractivity contribution is 7.92. The van der Waals surface area contributed by atoms with Crippen molar-refractivity contribution in [3.8, 4) is 0 Å². The van der Waals surface area contributed by atoms with Gasteiger partial charge in [0, 0.05) is 25.9 Å². The minimum absolute atomic E-state index is 0.0446. The molecule has 0 aromatic carbocycles. The summed E-state index contributed by atoms with van der Waals surface area (Å²) in [5.74, 6) is 0.489. The van der Waals surface area contributed by atoms with Crippen LogP contribution in [0.25, 0.3) is 0 Å². The minimum Gasteiger partial charge on any atom is -0.356 e. The Morgan fingerprint density at radius 3 is 2.50 bits per heavy atom. The summed E-state index contributed by atoms with van der Waals surface area (Å²) in [6, 6.07) is 3.57. The molecule has 0 amide bonds. The van der Waals surface area contributed by atoms with Crippen LogP contribution >= 0.6 is 0 Å². The van der Waals surface area contributed by atoms with Gasteiger partial charge in [-0.15, -0.1) is 0 Å². The van der Waals surface area contributed by atoms with Crippen LogP contribution in [0, 0.1) is 0 Å². The highest BCUT2D eigenvalue weighted by Gasteiger charge is 2.39. The van der Waals surface area contributed by atoms with Gasteiger partial charge in [0.05, 0.1) is 30.9 Å². The largest absolute Gasteiger partial charge is 0.356 e. The molecule has 0 aliphatic carbocycles. The van der Waals surface area contributed by atoms with Gasteiger partial charge in [0.1, 0.15) is 5.82 Å². The average Bonchev–Trinajstić information content (AvgIpc) is 2.97. The number of anilines is 2. The van der Waals surface area contributed by atoms with E-state index in [-0.39, 0.29) is 5.75 Å². The second-order valence-electron chi connectivity index (χ2n) is 5.51. The highest BCUT2D eigenvalue weighted by Crippen LogP contribution is 2.32. The van der Waals surface area contributed by atoms with Gasteiger partial charge in [-0.05, 0) is 19.1 Å². The summed E-state index contributed by atoms with van der Waals surface area (Å²) < 4.78 is 36.9. The van der Waals surface area contributed by atoms with E-state index in [9.17, 15) is 8.42 Å². The average molecular weight is 327 g/mol. The molecule has 1 spiro atoms. The number of hydrogen-bond acceptors (Lipinski definition) is 6. The maximum Gasteiger partial charge on any atom is 0.232 e. The highest BCUT2D eigenvalue weighted by atomic mass is 32.2. The van der Waals surface area contributed by atoms with E-state index in [2.05, 4.69) is 14.6 Å². The molecule has 3 heterocycles. The van der Waals surface area contributed by atoms with Crippen molar-refractivity contribution in [2.75, 3.05) is 41.7 Å². The SMILES string of the molecule is CCS(=O)(=O)Nc1ccc(N2CCC3(CC2)OCCO3)nc1. The van der Waals surface area contributed by atoms with E-state index >= 15 is 0 Å². The Balaban J connectivity index is 1.62. The predicted molar refractivity (Wildman–Crippen MR) is 83.4 cm³/mol. The minimum atomic E-state index is -3.26. The molecule has 2 aliphatic heterocycles. The Labute approximate surface area is 130 Å². The third kappa shape index (κ3) is 3.34. The van der Waals surface area contributed by atoms with Gasteiger partial charge in [0.15, 0.2) is 5.79 Å². The fourth-order valence-corrected chi connectivity index (χ4v) is 3.37. The number of pyridine rings is 1. The van der Waals surface area contributed by atoms with Gasteiger partial charge in [-0.1, -0.05) is 0 Å². The molecule has 1 aromatic heterocycles. The molecule has 7 nitrogen and oxygen atoms in total. The van der Waals surface area contributed by atoms with Gasteiger partial charge < -0.3 is 14.4 Å². The maximum absolute atomic E-state index is 11.5. The first-order chi connectivity index (χ1) is 10.5. The Hall–Kier alpha value is -1.38. The van der Waals surface area contributed by atoms with Crippen LogP contribution in [0.5, 0.6) is 0 Å². The zero-order valence-electron chi connectivity index (χ0n) is 12.6. The van der Waals surface area contributed by atoms with Crippen molar-refractivity contribution < 1.29 is 17.9 Å². The second-order valence-corrected chi connectivity index (χ2v) is 7.52. The number of rotatable bonds is 4. The Morgan fingerprint density at radius 2 is 1.95 bits per heavy atom. The van der Waals surface area contributed by atoms with Gasteiger partial charge in [0.25, 0.3) is 0 Å².